The molecule has 35 heavy (non-hydrogen) atoms. The maximum Gasteiger partial charge on any atom is 0.267 e. The van der Waals surface area contributed by atoms with Crippen LogP contribution in [0.15, 0.2) is 60.4 Å². The molecule has 0 bridgehead atoms. The van der Waals surface area contributed by atoms with Crippen molar-refractivity contribution in [3.63, 3.8) is 0 Å². The van der Waals surface area contributed by atoms with Crippen molar-refractivity contribution < 1.29 is 19.1 Å². The van der Waals surface area contributed by atoms with Crippen LogP contribution in [0.4, 0.5) is 0 Å². The Morgan fingerprint density at radius 2 is 1.83 bits per heavy atom. The van der Waals surface area contributed by atoms with E-state index in [-0.39, 0.29) is 11.6 Å². The lowest BCUT2D eigenvalue weighted by Crippen LogP contribution is -2.39. The van der Waals surface area contributed by atoms with Crippen LogP contribution >= 0.6 is 0 Å². The van der Waals surface area contributed by atoms with E-state index in [1.807, 2.05) is 42.1 Å². The van der Waals surface area contributed by atoms with Gasteiger partial charge in [-0.15, -0.1) is 0 Å². The number of nitrogens with zero attached hydrogens (tertiary/aromatic N) is 2. The number of methoxy groups -OCH3 is 1. The van der Waals surface area contributed by atoms with Gasteiger partial charge in [0.25, 0.3) is 11.8 Å². The van der Waals surface area contributed by atoms with Crippen LogP contribution in [0.1, 0.15) is 22.3 Å². The molecule has 1 fully saturated rings. The summed E-state index contributed by atoms with van der Waals surface area (Å²) in [5.41, 5.74) is 2.43. The summed E-state index contributed by atoms with van der Waals surface area (Å²) in [6.45, 7) is 4.72. The summed E-state index contributed by atoms with van der Waals surface area (Å²) >= 11 is 0. The third-order valence-corrected chi connectivity index (χ3v) is 6.11. The van der Waals surface area contributed by atoms with Crippen LogP contribution in [-0.2, 0) is 16.6 Å². The van der Waals surface area contributed by atoms with E-state index in [2.05, 4.69) is 15.5 Å². The SMILES string of the molecule is COc1ccccc1C(=O)N/C(=C\c1cn(C)c2ccccc12)C(=O)NCCCN1CCOCC1. The molecule has 1 aliphatic heterocycles. The molecule has 0 spiro atoms. The lowest BCUT2D eigenvalue weighted by atomic mass is 10.1. The van der Waals surface area contributed by atoms with Crippen molar-refractivity contribution in [1.29, 1.82) is 0 Å². The molecule has 1 aliphatic rings. The first kappa shape index (κ1) is 24.5. The maximum atomic E-state index is 13.2. The normalized spacial score (nSPS) is 14.6. The van der Waals surface area contributed by atoms with Gasteiger partial charge < -0.3 is 24.7 Å². The standard InChI is InChI=1S/C27H32N4O4/c1-30-19-20(21-8-3-5-10-24(21)30)18-23(29-26(32)22-9-4-6-11-25(22)34-2)27(33)28-12-7-13-31-14-16-35-17-15-31/h3-6,8-11,18-19H,7,12-17H2,1-2H3,(H,28,33)(H,29,32)/b23-18-. The zero-order chi connectivity index (χ0) is 24.6. The predicted octanol–water partition coefficient (Wildman–Crippen LogP) is 2.80. The number of amides is 2. The molecule has 0 saturated carbocycles. The van der Waals surface area contributed by atoms with Crippen molar-refractivity contribution in [2.45, 2.75) is 6.42 Å². The number of rotatable bonds is 9. The number of benzene rings is 2. The molecule has 184 valence electrons. The maximum absolute atomic E-state index is 13.2. The zero-order valence-electron chi connectivity index (χ0n) is 20.3. The molecule has 2 N–H and O–H groups in total. The van der Waals surface area contributed by atoms with Crippen LogP contribution in [0.3, 0.4) is 0 Å². The quantitative estimate of drug-likeness (QED) is 0.367. The molecule has 2 amide bonds. The highest BCUT2D eigenvalue weighted by atomic mass is 16.5. The Bertz CT molecular complexity index is 1210. The highest BCUT2D eigenvalue weighted by Gasteiger charge is 2.18. The number of fused-ring (bicyclic) bond motifs is 1. The van der Waals surface area contributed by atoms with Gasteiger partial charge in [0.05, 0.1) is 25.9 Å². The van der Waals surface area contributed by atoms with E-state index in [0.717, 1.165) is 55.7 Å². The van der Waals surface area contributed by atoms with Crippen LogP contribution in [-0.4, -0.2) is 67.8 Å². The summed E-state index contributed by atoms with van der Waals surface area (Å²) in [4.78, 5) is 28.6. The largest absolute Gasteiger partial charge is 0.496 e. The number of aromatic nitrogens is 1. The second kappa shape index (κ2) is 11.7. The van der Waals surface area contributed by atoms with E-state index in [4.69, 9.17) is 9.47 Å². The van der Waals surface area contributed by atoms with Gasteiger partial charge in [0, 0.05) is 49.3 Å². The van der Waals surface area contributed by atoms with Gasteiger partial charge in [0.1, 0.15) is 11.4 Å². The van der Waals surface area contributed by atoms with Crippen LogP contribution in [0, 0.1) is 0 Å². The second-order valence-electron chi connectivity index (χ2n) is 8.49. The Kier molecular flexibility index (Phi) is 8.18. The van der Waals surface area contributed by atoms with Crippen molar-refractivity contribution in [2.24, 2.45) is 7.05 Å². The minimum absolute atomic E-state index is 0.184. The number of hydrogen-bond donors (Lipinski definition) is 2. The van der Waals surface area contributed by atoms with Gasteiger partial charge in [0.15, 0.2) is 0 Å². The summed E-state index contributed by atoms with van der Waals surface area (Å²) < 4.78 is 12.7. The van der Waals surface area contributed by atoms with Gasteiger partial charge in [-0.1, -0.05) is 30.3 Å². The Hall–Kier alpha value is -3.62. The number of aryl methyl sites for hydroxylation is 1. The third-order valence-electron chi connectivity index (χ3n) is 6.11. The number of carbonyl (C=O) groups is 2. The molecule has 1 saturated heterocycles. The summed E-state index contributed by atoms with van der Waals surface area (Å²) in [6.07, 6.45) is 4.49. The minimum Gasteiger partial charge on any atom is -0.496 e. The molecule has 0 aliphatic carbocycles. The van der Waals surface area contributed by atoms with Gasteiger partial charge in [-0.05, 0) is 37.2 Å². The van der Waals surface area contributed by atoms with Crippen molar-refractivity contribution in [1.82, 2.24) is 20.1 Å². The third kappa shape index (κ3) is 6.09. The molecule has 0 radical (unpaired) electrons. The average Bonchev–Trinajstić information content (AvgIpc) is 3.21. The Labute approximate surface area is 205 Å². The molecule has 1 aromatic heterocycles. The Morgan fingerprint density at radius 1 is 1.09 bits per heavy atom. The van der Waals surface area contributed by atoms with E-state index in [1.54, 1.807) is 30.3 Å². The molecule has 2 aromatic carbocycles. The minimum atomic E-state index is -0.405. The molecule has 0 atom stereocenters. The summed E-state index contributed by atoms with van der Waals surface area (Å²) in [5, 5.41) is 6.78. The highest BCUT2D eigenvalue weighted by molar-refractivity contribution is 6.07. The number of morpholine rings is 1. The summed E-state index contributed by atoms with van der Waals surface area (Å²) in [5.74, 6) is -0.291. The number of hydrogen-bond acceptors (Lipinski definition) is 5. The zero-order valence-corrected chi connectivity index (χ0v) is 20.3. The molecular weight excluding hydrogens is 444 g/mol. The van der Waals surface area contributed by atoms with Crippen molar-refractivity contribution in [2.75, 3.05) is 46.5 Å². The topological polar surface area (TPSA) is 84.8 Å². The van der Waals surface area contributed by atoms with Gasteiger partial charge >= 0.3 is 0 Å². The molecule has 3 aromatic rings. The second-order valence-corrected chi connectivity index (χ2v) is 8.49. The van der Waals surface area contributed by atoms with Crippen LogP contribution in [0.25, 0.3) is 17.0 Å². The number of nitrogens with one attached hydrogen (secondary N) is 2. The van der Waals surface area contributed by atoms with Crippen molar-refractivity contribution in [3.8, 4) is 5.75 Å². The number of para-hydroxylation sites is 2. The molecular formula is C27H32N4O4. The summed E-state index contributed by atoms with van der Waals surface area (Å²) in [7, 11) is 3.47. The first-order valence-corrected chi connectivity index (χ1v) is 11.8. The van der Waals surface area contributed by atoms with Gasteiger partial charge in [-0.25, -0.2) is 0 Å². The van der Waals surface area contributed by atoms with Gasteiger partial charge in [0.2, 0.25) is 0 Å². The first-order chi connectivity index (χ1) is 17.1. The monoisotopic (exact) mass is 476 g/mol. The lowest BCUT2D eigenvalue weighted by Gasteiger charge is -2.26. The average molecular weight is 477 g/mol. The highest BCUT2D eigenvalue weighted by Crippen LogP contribution is 2.23. The molecule has 8 heteroatoms. The van der Waals surface area contributed by atoms with Crippen molar-refractivity contribution in [3.05, 3.63) is 71.6 Å². The smallest absolute Gasteiger partial charge is 0.267 e. The van der Waals surface area contributed by atoms with Gasteiger partial charge in [-0.2, -0.15) is 0 Å². The van der Waals surface area contributed by atoms with Crippen molar-refractivity contribution >= 4 is 28.8 Å². The molecule has 2 heterocycles. The number of ether oxygens (including phenoxy) is 2. The lowest BCUT2D eigenvalue weighted by molar-refractivity contribution is -0.117. The first-order valence-electron chi connectivity index (χ1n) is 11.8. The van der Waals surface area contributed by atoms with Crippen LogP contribution in [0.2, 0.25) is 0 Å². The predicted molar refractivity (Wildman–Crippen MR) is 136 cm³/mol. The van der Waals surface area contributed by atoms with Crippen LogP contribution in [0.5, 0.6) is 5.75 Å². The van der Waals surface area contributed by atoms with E-state index >= 15 is 0 Å². The van der Waals surface area contributed by atoms with Crippen LogP contribution < -0.4 is 15.4 Å². The fraction of sp³-hybridized carbons (Fsp3) is 0.333. The van der Waals surface area contributed by atoms with E-state index in [9.17, 15) is 9.59 Å². The fourth-order valence-corrected chi connectivity index (χ4v) is 4.25. The summed E-state index contributed by atoms with van der Waals surface area (Å²) in [6, 6.07) is 14.9. The van der Waals surface area contributed by atoms with Gasteiger partial charge in [-0.3, -0.25) is 14.5 Å². The fourth-order valence-electron chi connectivity index (χ4n) is 4.25. The Balaban J connectivity index is 1.53. The Morgan fingerprint density at radius 3 is 2.63 bits per heavy atom. The van der Waals surface area contributed by atoms with E-state index < -0.39 is 5.91 Å². The van der Waals surface area contributed by atoms with E-state index in [0.29, 0.717) is 17.9 Å². The number of carbonyl (C=O) groups excluding carboxylic acids is 2. The molecule has 0 unspecified atom stereocenters. The molecule has 4 rings (SSSR count). The molecule has 8 nitrogen and oxygen atoms in total. The van der Waals surface area contributed by atoms with E-state index in [1.165, 1.54) is 7.11 Å².